The lowest BCUT2D eigenvalue weighted by molar-refractivity contribution is 0.0956. The molecule has 0 unspecified atom stereocenters. The predicted molar refractivity (Wildman–Crippen MR) is 86.6 cm³/mol. The molecular weight excluding hydrogens is 303 g/mol. The molecule has 2 rings (SSSR count). The van der Waals surface area contributed by atoms with Crippen LogP contribution < -0.4 is 10.9 Å². The maximum atomic E-state index is 13.4. The molecule has 0 fully saturated rings. The molecule has 0 atom stereocenters. The normalized spacial score (nSPS) is 10.5. The number of rotatable bonds is 6. The van der Waals surface area contributed by atoms with Crippen molar-refractivity contribution < 1.29 is 9.18 Å². The van der Waals surface area contributed by atoms with Gasteiger partial charge < -0.3 is 9.88 Å². The van der Waals surface area contributed by atoms with Gasteiger partial charge in [0.1, 0.15) is 5.82 Å². The Morgan fingerprint density at radius 1 is 1.32 bits per heavy atom. The van der Waals surface area contributed by atoms with Crippen LogP contribution in [0, 0.1) is 5.82 Å². The molecule has 0 aliphatic heterocycles. The Balaban J connectivity index is 1.74. The predicted octanol–water partition coefficient (Wildman–Crippen LogP) is 2.19. The summed E-state index contributed by atoms with van der Waals surface area (Å²) >= 11 is 1.54. The first-order valence-corrected chi connectivity index (χ1v) is 7.99. The third kappa shape index (κ3) is 4.46. The number of thioether (sulfide) groups is 1. The fourth-order valence-electron chi connectivity index (χ4n) is 1.83. The Hall–Kier alpha value is -2.08. The van der Waals surface area contributed by atoms with Crippen molar-refractivity contribution >= 4 is 17.7 Å². The van der Waals surface area contributed by atoms with Crippen LogP contribution in [0.5, 0.6) is 0 Å². The molecule has 1 N–H and O–H groups in total. The van der Waals surface area contributed by atoms with Gasteiger partial charge in [-0.05, 0) is 17.7 Å². The van der Waals surface area contributed by atoms with Crippen LogP contribution in [0.4, 0.5) is 4.39 Å². The molecule has 116 valence electrons. The maximum absolute atomic E-state index is 13.4. The van der Waals surface area contributed by atoms with Gasteiger partial charge in [0.05, 0.1) is 0 Å². The third-order valence-corrected chi connectivity index (χ3v) is 4.12. The van der Waals surface area contributed by atoms with Crippen LogP contribution >= 0.6 is 11.8 Å². The first kappa shape index (κ1) is 16.3. The second-order valence-corrected chi connectivity index (χ2v) is 5.87. The number of halogens is 1. The van der Waals surface area contributed by atoms with Gasteiger partial charge in [0.15, 0.2) is 0 Å². The molecular formula is C16H17FN2O2S. The van der Waals surface area contributed by atoms with Crippen LogP contribution in [0.3, 0.4) is 0 Å². The number of carbonyl (C=O) groups is 1. The molecule has 0 saturated carbocycles. The number of hydrogen-bond acceptors (Lipinski definition) is 3. The standard InChI is InChI=1S/C16H17FN2O2S/c1-19-8-6-12(10-15(19)20)16(21)18-7-9-22-11-13-4-2-3-5-14(13)17/h2-6,8,10H,7,9,11H2,1H3,(H,18,21). The average molecular weight is 320 g/mol. The van der Waals surface area contributed by atoms with Crippen LogP contribution in [-0.4, -0.2) is 22.8 Å². The summed E-state index contributed by atoms with van der Waals surface area (Å²) in [6.07, 6.45) is 1.56. The van der Waals surface area contributed by atoms with Crippen LogP contribution in [0.15, 0.2) is 47.4 Å². The van der Waals surface area contributed by atoms with Crippen LogP contribution in [0.25, 0.3) is 0 Å². The number of aromatic nitrogens is 1. The molecule has 1 heterocycles. The summed E-state index contributed by atoms with van der Waals surface area (Å²) in [7, 11) is 1.63. The van der Waals surface area contributed by atoms with Crippen molar-refractivity contribution in [3.63, 3.8) is 0 Å². The lowest BCUT2D eigenvalue weighted by Gasteiger charge is -2.06. The van der Waals surface area contributed by atoms with Crippen molar-refractivity contribution in [2.24, 2.45) is 7.05 Å². The number of pyridine rings is 1. The third-order valence-electron chi connectivity index (χ3n) is 3.11. The SMILES string of the molecule is Cn1ccc(C(=O)NCCSCc2ccccc2F)cc1=O. The van der Waals surface area contributed by atoms with Crippen molar-refractivity contribution in [3.8, 4) is 0 Å². The topological polar surface area (TPSA) is 51.1 Å². The molecule has 22 heavy (non-hydrogen) atoms. The highest BCUT2D eigenvalue weighted by Crippen LogP contribution is 2.14. The number of carbonyl (C=O) groups excluding carboxylic acids is 1. The van der Waals surface area contributed by atoms with Crippen molar-refractivity contribution in [1.82, 2.24) is 9.88 Å². The first-order valence-electron chi connectivity index (χ1n) is 6.84. The van der Waals surface area contributed by atoms with E-state index in [1.807, 2.05) is 0 Å². The Morgan fingerprint density at radius 3 is 2.82 bits per heavy atom. The molecule has 0 aliphatic carbocycles. The molecule has 1 aromatic heterocycles. The van der Waals surface area contributed by atoms with Crippen molar-refractivity contribution in [3.05, 3.63) is 69.9 Å². The van der Waals surface area contributed by atoms with Gasteiger partial charge in [-0.25, -0.2) is 4.39 Å². The van der Waals surface area contributed by atoms with E-state index in [1.165, 1.54) is 16.7 Å². The molecule has 0 radical (unpaired) electrons. The minimum Gasteiger partial charge on any atom is -0.351 e. The highest BCUT2D eigenvalue weighted by Gasteiger charge is 2.06. The van der Waals surface area contributed by atoms with E-state index in [2.05, 4.69) is 5.32 Å². The van der Waals surface area contributed by atoms with Gasteiger partial charge in [0, 0.05) is 42.9 Å². The van der Waals surface area contributed by atoms with E-state index in [4.69, 9.17) is 0 Å². The zero-order valence-electron chi connectivity index (χ0n) is 12.2. The largest absolute Gasteiger partial charge is 0.351 e. The Kier molecular flexibility index (Phi) is 5.77. The Morgan fingerprint density at radius 2 is 2.09 bits per heavy atom. The number of nitrogens with one attached hydrogen (secondary N) is 1. The lowest BCUT2D eigenvalue weighted by Crippen LogP contribution is -2.27. The van der Waals surface area contributed by atoms with Crippen LogP contribution in [-0.2, 0) is 12.8 Å². The summed E-state index contributed by atoms with van der Waals surface area (Å²) in [5, 5.41) is 2.74. The molecule has 0 bridgehead atoms. The summed E-state index contributed by atoms with van der Waals surface area (Å²) in [5.74, 6) is 0.752. The summed E-state index contributed by atoms with van der Waals surface area (Å²) in [4.78, 5) is 23.3. The molecule has 1 aromatic carbocycles. The minimum absolute atomic E-state index is 0.209. The first-order chi connectivity index (χ1) is 10.6. The number of benzene rings is 1. The van der Waals surface area contributed by atoms with Crippen molar-refractivity contribution in [2.75, 3.05) is 12.3 Å². The van der Waals surface area contributed by atoms with Crippen molar-refractivity contribution in [1.29, 1.82) is 0 Å². The highest BCUT2D eigenvalue weighted by atomic mass is 32.2. The van der Waals surface area contributed by atoms with Crippen LogP contribution in [0.2, 0.25) is 0 Å². The van der Waals surface area contributed by atoms with E-state index in [-0.39, 0.29) is 17.3 Å². The van der Waals surface area contributed by atoms with Gasteiger partial charge in [-0.3, -0.25) is 9.59 Å². The smallest absolute Gasteiger partial charge is 0.251 e. The second-order valence-electron chi connectivity index (χ2n) is 4.76. The summed E-state index contributed by atoms with van der Waals surface area (Å²) in [5.41, 5.74) is 0.786. The van der Waals surface area contributed by atoms with E-state index in [0.717, 1.165) is 0 Å². The minimum atomic E-state index is -0.274. The molecule has 6 heteroatoms. The van der Waals surface area contributed by atoms with Gasteiger partial charge in [0.2, 0.25) is 0 Å². The number of aryl methyl sites for hydroxylation is 1. The van der Waals surface area contributed by atoms with Gasteiger partial charge in [-0.15, -0.1) is 0 Å². The summed E-state index contributed by atoms with van der Waals surface area (Å²) < 4.78 is 14.8. The fourth-order valence-corrected chi connectivity index (χ4v) is 2.67. The average Bonchev–Trinajstić information content (AvgIpc) is 2.51. The van der Waals surface area contributed by atoms with E-state index in [0.29, 0.717) is 29.2 Å². The monoisotopic (exact) mass is 320 g/mol. The Labute approximate surface area is 132 Å². The highest BCUT2D eigenvalue weighted by molar-refractivity contribution is 7.98. The lowest BCUT2D eigenvalue weighted by atomic mass is 10.2. The summed E-state index contributed by atoms with van der Waals surface area (Å²) in [6.45, 7) is 0.465. The zero-order valence-corrected chi connectivity index (χ0v) is 13.0. The van der Waals surface area contributed by atoms with Gasteiger partial charge >= 0.3 is 0 Å². The van der Waals surface area contributed by atoms with E-state index in [9.17, 15) is 14.0 Å². The second kappa shape index (κ2) is 7.79. The number of nitrogens with zero attached hydrogens (tertiary/aromatic N) is 1. The maximum Gasteiger partial charge on any atom is 0.251 e. The molecule has 4 nitrogen and oxygen atoms in total. The molecule has 2 aromatic rings. The number of amides is 1. The quantitative estimate of drug-likeness (QED) is 0.830. The van der Waals surface area contributed by atoms with Gasteiger partial charge in [0.25, 0.3) is 11.5 Å². The molecule has 0 aliphatic rings. The van der Waals surface area contributed by atoms with Gasteiger partial charge in [-0.2, -0.15) is 11.8 Å². The Bertz CT molecular complexity index is 715. The summed E-state index contributed by atoms with van der Waals surface area (Å²) in [6, 6.07) is 9.56. The molecule has 0 spiro atoms. The van der Waals surface area contributed by atoms with Crippen LogP contribution in [0.1, 0.15) is 15.9 Å². The van der Waals surface area contributed by atoms with E-state index in [1.54, 1.807) is 49.3 Å². The number of hydrogen-bond donors (Lipinski definition) is 1. The molecule has 0 saturated heterocycles. The van der Waals surface area contributed by atoms with Gasteiger partial charge in [-0.1, -0.05) is 18.2 Å². The zero-order chi connectivity index (χ0) is 15.9. The van der Waals surface area contributed by atoms with E-state index >= 15 is 0 Å². The van der Waals surface area contributed by atoms with Crippen molar-refractivity contribution in [2.45, 2.75) is 5.75 Å². The van der Waals surface area contributed by atoms with E-state index < -0.39 is 0 Å². The molecule has 1 amide bonds. The fraction of sp³-hybridized carbons (Fsp3) is 0.250.